The number of carbonyl (C=O) groups excluding carboxylic acids is 2. The highest BCUT2D eigenvalue weighted by Gasteiger charge is 2.34. The predicted molar refractivity (Wildman–Crippen MR) is 111 cm³/mol. The van der Waals surface area contributed by atoms with Crippen molar-refractivity contribution in [2.45, 2.75) is 32.0 Å². The minimum absolute atomic E-state index is 0.0374. The van der Waals surface area contributed by atoms with Crippen molar-refractivity contribution in [1.82, 2.24) is 4.90 Å². The first-order valence-corrected chi connectivity index (χ1v) is 10.2. The average molecular weight is 455 g/mol. The third-order valence-corrected chi connectivity index (χ3v) is 5.47. The van der Waals surface area contributed by atoms with Crippen LogP contribution >= 0.6 is 11.6 Å². The van der Waals surface area contributed by atoms with Crippen molar-refractivity contribution >= 4 is 29.3 Å². The highest BCUT2D eigenvalue weighted by Crippen LogP contribution is 2.37. The van der Waals surface area contributed by atoms with Gasteiger partial charge in [0, 0.05) is 18.8 Å². The van der Waals surface area contributed by atoms with Gasteiger partial charge in [-0.25, -0.2) is 9.59 Å². The monoisotopic (exact) mass is 454 g/mol. The van der Waals surface area contributed by atoms with E-state index in [1.54, 1.807) is 29.2 Å². The maximum atomic E-state index is 13.4. The number of hydrogen-bond donors (Lipinski definition) is 0. The van der Waals surface area contributed by atoms with Crippen molar-refractivity contribution in [2.75, 3.05) is 25.1 Å². The topological polar surface area (TPSA) is 49.9 Å². The molecule has 0 radical (unpaired) electrons. The van der Waals surface area contributed by atoms with E-state index in [2.05, 4.69) is 4.74 Å². The first-order valence-electron chi connectivity index (χ1n) is 9.81. The maximum Gasteiger partial charge on any atom is 0.417 e. The molecule has 2 aromatic rings. The van der Waals surface area contributed by atoms with Crippen LogP contribution < -0.4 is 4.90 Å². The first kappa shape index (κ1) is 22.9. The standard InChI is InChI=1S/C22H22ClF3N2O3/c1-31-20(29)16-7-5-15(6-8-16)14-28(21(30)27-11-3-2-4-12-27)17-9-10-19(23)18(13-17)22(24,25)26/h5-10,13H,2-4,11-12,14H2,1H3. The molecule has 0 N–H and O–H groups in total. The van der Waals surface area contributed by atoms with Crippen LogP contribution in [0.4, 0.5) is 23.7 Å². The minimum atomic E-state index is -4.64. The van der Waals surface area contributed by atoms with E-state index in [0.717, 1.165) is 31.4 Å². The average Bonchev–Trinajstić information content (AvgIpc) is 2.77. The molecule has 0 saturated carbocycles. The number of esters is 1. The number of piperidine rings is 1. The van der Waals surface area contributed by atoms with E-state index < -0.39 is 22.7 Å². The number of alkyl halides is 3. The molecular weight excluding hydrogens is 433 g/mol. The zero-order valence-corrected chi connectivity index (χ0v) is 17.7. The first-order chi connectivity index (χ1) is 14.7. The lowest BCUT2D eigenvalue weighted by Gasteiger charge is -2.33. The van der Waals surface area contributed by atoms with Crippen molar-refractivity contribution in [3.63, 3.8) is 0 Å². The summed E-state index contributed by atoms with van der Waals surface area (Å²) in [6.07, 6.45) is -1.93. The molecule has 5 nitrogen and oxygen atoms in total. The molecule has 1 aliphatic heterocycles. The number of amides is 2. The number of benzene rings is 2. The summed E-state index contributed by atoms with van der Waals surface area (Å²) in [6, 6.07) is 9.46. The summed E-state index contributed by atoms with van der Waals surface area (Å²) in [7, 11) is 1.27. The highest BCUT2D eigenvalue weighted by atomic mass is 35.5. The van der Waals surface area contributed by atoms with Gasteiger partial charge in [-0.2, -0.15) is 13.2 Å². The number of likely N-dealkylation sites (tertiary alicyclic amines) is 1. The van der Waals surface area contributed by atoms with Crippen LogP contribution in [0.1, 0.15) is 40.7 Å². The Bertz CT molecular complexity index is 942. The van der Waals surface area contributed by atoms with Gasteiger partial charge < -0.3 is 9.64 Å². The molecule has 1 aliphatic rings. The van der Waals surface area contributed by atoms with Crippen LogP contribution in [0.25, 0.3) is 0 Å². The van der Waals surface area contributed by atoms with E-state index in [9.17, 15) is 22.8 Å². The van der Waals surface area contributed by atoms with Crippen LogP contribution in [0.2, 0.25) is 5.02 Å². The fourth-order valence-corrected chi connectivity index (χ4v) is 3.70. The number of ether oxygens (including phenoxy) is 1. The Morgan fingerprint density at radius 1 is 1.06 bits per heavy atom. The third-order valence-electron chi connectivity index (χ3n) is 5.14. The SMILES string of the molecule is COC(=O)c1ccc(CN(C(=O)N2CCCCC2)c2ccc(Cl)c(C(F)(F)F)c2)cc1. The van der Waals surface area contributed by atoms with E-state index in [0.29, 0.717) is 24.2 Å². The second kappa shape index (κ2) is 9.60. The van der Waals surface area contributed by atoms with Crippen molar-refractivity contribution < 1.29 is 27.5 Å². The number of rotatable bonds is 4. The third kappa shape index (κ3) is 5.50. The van der Waals surface area contributed by atoms with Gasteiger partial charge in [0.15, 0.2) is 0 Å². The van der Waals surface area contributed by atoms with E-state index in [-0.39, 0.29) is 18.3 Å². The molecule has 1 saturated heterocycles. The fraction of sp³-hybridized carbons (Fsp3) is 0.364. The molecule has 1 fully saturated rings. The number of halogens is 4. The summed E-state index contributed by atoms with van der Waals surface area (Å²) in [5, 5.41) is -0.427. The van der Waals surface area contributed by atoms with Crippen molar-refractivity contribution in [3.05, 3.63) is 64.2 Å². The van der Waals surface area contributed by atoms with Gasteiger partial charge in [-0.15, -0.1) is 0 Å². The smallest absolute Gasteiger partial charge is 0.417 e. The van der Waals surface area contributed by atoms with E-state index >= 15 is 0 Å². The normalized spacial score (nSPS) is 14.3. The molecule has 0 aromatic heterocycles. The van der Waals surface area contributed by atoms with Gasteiger partial charge in [0.25, 0.3) is 0 Å². The molecule has 0 atom stereocenters. The molecule has 1 heterocycles. The van der Waals surface area contributed by atoms with Gasteiger partial charge in [-0.05, 0) is 55.2 Å². The summed E-state index contributed by atoms with van der Waals surface area (Å²) in [6.45, 7) is 1.14. The van der Waals surface area contributed by atoms with Gasteiger partial charge in [0.1, 0.15) is 0 Å². The van der Waals surface area contributed by atoms with Gasteiger partial charge >= 0.3 is 18.2 Å². The number of methoxy groups -OCH3 is 1. The van der Waals surface area contributed by atoms with Crippen molar-refractivity contribution in [2.24, 2.45) is 0 Å². The highest BCUT2D eigenvalue weighted by molar-refractivity contribution is 6.31. The lowest BCUT2D eigenvalue weighted by atomic mass is 10.1. The number of nitrogens with zero attached hydrogens (tertiary/aromatic N) is 2. The molecule has 2 amide bonds. The van der Waals surface area contributed by atoms with Gasteiger partial charge in [-0.3, -0.25) is 4.90 Å². The fourth-order valence-electron chi connectivity index (χ4n) is 3.47. The molecule has 31 heavy (non-hydrogen) atoms. The van der Waals surface area contributed by atoms with E-state index in [1.165, 1.54) is 18.1 Å². The molecule has 0 spiro atoms. The van der Waals surface area contributed by atoms with Gasteiger partial charge in [0.2, 0.25) is 0 Å². The quantitative estimate of drug-likeness (QED) is 0.552. The summed E-state index contributed by atoms with van der Waals surface area (Å²) in [4.78, 5) is 27.8. The molecule has 3 rings (SSSR count). The van der Waals surface area contributed by atoms with Gasteiger partial charge in [-0.1, -0.05) is 23.7 Å². The van der Waals surface area contributed by atoms with E-state index in [1.807, 2.05) is 0 Å². The second-order valence-corrected chi connectivity index (χ2v) is 7.67. The number of urea groups is 1. The zero-order valence-electron chi connectivity index (χ0n) is 16.9. The second-order valence-electron chi connectivity index (χ2n) is 7.27. The molecule has 0 bridgehead atoms. The zero-order chi connectivity index (χ0) is 22.6. The Balaban J connectivity index is 1.95. The van der Waals surface area contributed by atoms with Crippen LogP contribution in [-0.4, -0.2) is 37.1 Å². The van der Waals surface area contributed by atoms with E-state index in [4.69, 9.17) is 11.6 Å². The van der Waals surface area contributed by atoms with Crippen LogP contribution in [0.15, 0.2) is 42.5 Å². The van der Waals surface area contributed by atoms with Crippen molar-refractivity contribution in [1.29, 1.82) is 0 Å². The number of hydrogen-bond acceptors (Lipinski definition) is 3. The Kier molecular flexibility index (Phi) is 7.10. The lowest BCUT2D eigenvalue weighted by Crippen LogP contribution is -2.45. The summed E-state index contributed by atoms with van der Waals surface area (Å²) in [5.74, 6) is -0.500. The maximum absolute atomic E-state index is 13.4. The number of carbonyl (C=O) groups is 2. The molecular formula is C22H22ClF3N2O3. The van der Waals surface area contributed by atoms with Crippen LogP contribution in [0, 0.1) is 0 Å². The van der Waals surface area contributed by atoms with Crippen LogP contribution in [0.3, 0.4) is 0 Å². The summed E-state index contributed by atoms with van der Waals surface area (Å²) >= 11 is 5.76. The Morgan fingerprint density at radius 3 is 2.29 bits per heavy atom. The number of anilines is 1. The van der Waals surface area contributed by atoms with Crippen LogP contribution in [-0.2, 0) is 17.5 Å². The predicted octanol–water partition coefficient (Wildman–Crippen LogP) is 5.76. The Labute approximate surface area is 183 Å². The van der Waals surface area contributed by atoms with Crippen LogP contribution in [0.5, 0.6) is 0 Å². The summed E-state index contributed by atoms with van der Waals surface area (Å²) < 4.78 is 44.8. The lowest BCUT2D eigenvalue weighted by molar-refractivity contribution is -0.137. The largest absolute Gasteiger partial charge is 0.465 e. The van der Waals surface area contributed by atoms with Gasteiger partial charge in [0.05, 0.1) is 29.8 Å². The minimum Gasteiger partial charge on any atom is -0.465 e. The molecule has 166 valence electrons. The summed E-state index contributed by atoms with van der Waals surface area (Å²) in [5.41, 5.74) is 0.0982. The Hall–Kier alpha value is -2.74. The van der Waals surface area contributed by atoms with Crippen molar-refractivity contribution in [3.8, 4) is 0 Å². The molecule has 9 heteroatoms. The molecule has 0 unspecified atom stereocenters. The Morgan fingerprint density at radius 2 is 1.71 bits per heavy atom. The molecule has 2 aromatic carbocycles. The molecule has 0 aliphatic carbocycles.